The van der Waals surface area contributed by atoms with Crippen molar-refractivity contribution in [2.24, 2.45) is 0 Å². The standard InChI is InChI=1S/C8H10BrNO2/c9-7-3-1-2-6(4-7)8(5-11)10-12/h1-4,8,10-12H,5H2. The molecule has 0 saturated carbocycles. The average molecular weight is 232 g/mol. The summed E-state index contributed by atoms with van der Waals surface area (Å²) in [5.41, 5.74) is 2.87. The summed E-state index contributed by atoms with van der Waals surface area (Å²) in [5.74, 6) is 0. The van der Waals surface area contributed by atoms with Crippen LogP contribution in [0.5, 0.6) is 0 Å². The van der Waals surface area contributed by atoms with Crippen LogP contribution in [0.3, 0.4) is 0 Å². The highest BCUT2D eigenvalue weighted by Crippen LogP contribution is 2.17. The van der Waals surface area contributed by atoms with Gasteiger partial charge in [0.05, 0.1) is 12.6 Å². The SMILES string of the molecule is OCC(NO)c1cccc(Br)c1. The van der Waals surface area contributed by atoms with Gasteiger partial charge in [-0.1, -0.05) is 28.1 Å². The van der Waals surface area contributed by atoms with Gasteiger partial charge in [-0.15, -0.1) is 0 Å². The molecular formula is C8H10BrNO2. The van der Waals surface area contributed by atoms with Gasteiger partial charge in [-0.05, 0) is 17.7 Å². The van der Waals surface area contributed by atoms with Crippen LogP contribution < -0.4 is 5.48 Å². The summed E-state index contributed by atoms with van der Waals surface area (Å²) in [6.45, 7) is -0.132. The zero-order chi connectivity index (χ0) is 8.97. The van der Waals surface area contributed by atoms with Gasteiger partial charge in [0.15, 0.2) is 0 Å². The van der Waals surface area contributed by atoms with E-state index in [1.165, 1.54) is 0 Å². The van der Waals surface area contributed by atoms with Crippen LogP contribution >= 0.6 is 15.9 Å². The first-order chi connectivity index (χ1) is 5.77. The van der Waals surface area contributed by atoms with Crippen molar-refractivity contribution >= 4 is 15.9 Å². The van der Waals surface area contributed by atoms with E-state index < -0.39 is 6.04 Å². The number of rotatable bonds is 3. The van der Waals surface area contributed by atoms with Crippen molar-refractivity contribution in [1.82, 2.24) is 5.48 Å². The minimum absolute atomic E-state index is 0.132. The highest BCUT2D eigenvalue weighted by atomic mass is 79.9. The van der Waals surface area contributed by atoms with Crippen molar-refractivity contribution in [2.75, 3.05) is 6.61 Å². The molecule has 1 atom stereocenters. The van der Waals surface area contributed by atoms with Crippen LogP contribution in [0.1, 0.15) is 11.6 Å². The molecule has 1 rings (SSSR count). The molecule has 0 radical (unpaired) electrons. The Morgan fingerprint density at radius 1 is 1.50 bits per heavy atom. The number of nitrogens with one attached hydrogen (secondary N) is 1. The van der Waals surface area contributed by atoms with E-state index in [4.69, 9.17) is 10.3 Å². The normalized spacial score (nSPS) is 12.9. The Kier molecular flexibility index (Phi) is 3.68. The minimum atomic E-state index is -0.414. The number of aliphatic hydroxyl groups excluding tert-OH is 1. The summed E-state index contributed by atoms with van der Waals surface area (Å²) in [4.78, 5) is 0. The maximum atomic E-state index is 8.83. The molecule has 1 aromatic carbocycles. The first-order valence-electron chi connectivity index (χ1n) is 3.54. The maximum absolute atomic E-state index is 8.83. The third kappa shape index (κ3) is 2.28. The fraction of sp³-hybridized carbons (Fsp3) is 0.250. The Bertz CT molecular complexity index is 251. The second-order valence-corrected chi connectivity index (χ2v) is 3.33. The van der Waals surface area contributed by atoms with Crippen LogP contribution in [-0.2, 0) is 0 Å². The molecule has 4 heteroatoms. The van der Waals surface area contributed by atoms with Crippen molar-refractivity contribution in [3.05, 3.63) is 34.3 Å². The lowest BCUT2D eigenvalue weighted by atomic mass is 10.1. The van der Waals surface area contributed by atoms with Crippen molar-refractivity contribution < 1.29 is 10.3 Å². The molecule has 0 aliphatic carbocycles. The average Bonchev–Trinajstić information content (AvgIpc) is 2.07. The lowest BCUT2D eigenvalue weighted by molar-refractivity contribution is 0.0906. The second-order valence-electron chi connectivity index (χ2n) is 2.42. The van der Waals surface area contributed by atoms with Gasteiger partial charge in [0.25, 0.3) is 0 Å². The molecule has 0 heterocycles. The number of hydroxylamine groups is 1. The lowest BCUT2D eigenvalue weighted by Crippen LogP contribution is -2.20. The molecule has 3 N–H and O–H groups in total. The van der Waals surface area contributed by atoms with Crippen molar-refractivity contribution in [3.8, 4) is 0 Å². The minimum Gasteiger partial charge on any atom is -0.394 e. The molecule has 0 fully saturated rings. The smallest absolute Gasteiger partial charge is 0.0800 e. The number of hydrogen-bond donors (Lipinski definition) is 3. The van der Waals surface area contributed by atoms with Gasteiger partial charge < -0.3 is 10.3 Å². The van der Waals surface area contributed by atoms with E-state index in [1.54, 1.807) is 0 Å². The van der Waals surface area contributed by atoms with E-state index in [0.29, 0.717) is 0 Å². The van der Waals surface area contributed by atoms with Gasteiger partial charge in [-0.3, -0.25) is 0 Å². The first-order valence-corrected chi connectivity index (χ1v) is 4.33. The molecule has 12 heavy (non-hydrogen) atoms. The van der Waals surface area contributed by atoms with Gasteiger partial charge in [-0.25, -0.2) is 0 Å². The number of benzene rings is 1. The van der Waals surface area contributed by atoms with Crippen LogP contribution in [-0.4, -0.2) is 16.9 Å². The summed E-state index contributed by atoms with van der Waals surface area (Å²) in [7, 11) is 0. The molecule has 66 valence electrons. The molecule has 0 saturated heterocycles. The number of aliphatic hydroxyl groups is 1. The first kappa shape index (κ1) is 9.67. The topological polar surface area (TPSA) is 52.5 Å². The van der Waals surface area contributed by atoms with E-state index in [9.17, 15) is 0 Å². The lowest BCUT2D eigenvalue weighted by Gasteiger charge is -2.11. The van der Waals surface area contributed by atoms with Crippen molar-refractivity contribution in [2.45, 2.75) is 6.04 Å². The summed E-state index contributed by atoms with van der Waals surface area (Å²) in [6, 6.07) is 6.98. The number of halogens is 1. The quantitative estimate of drug-likeness (QED) is 0.691. The van der Waals surface area contributed by atoms with Gasteiger partial charge in [0.2, 0.25) is 0 Å². The highest BCUT2D eigenvalue weighted by Gasteiger charge is 2.07. The third-order valence-corrected chi connectivity index (χ3v) is 2.08. The fourth-order valence-electron chi connectivity index (χ4n) is 0.944. The molecule has 0 aliphatic rings. The van der Waals surface area contributed by atoms with E-state index in [0.717, 1.165) is 10.0 Å². The van der Waals surface area contributed by atoms with Crippen LogP contribution in [0.2, 0.25) is 0 Å². The summed E-state index contributed by atoms with van der Waals surface area (Å²) in [6.07, 6.45) is 0. The Morgan fingerprint density at radius 3 is 2.75 bits per heavy atom. The summed E-state index contributed by atoms with van der Waals surface area (Å²) < 4.78 is 0.925. The predicted molar refractivity (Wildman–Crippen MR) is 48.9 cm³/mol. The van der Waals surface area contributed by atoms with Gasteiger partial charge in [0.1, 0.15) is 0 Å². The van der Waals surface area contributed by atoms with E-state index in [-0.39, 0.29) is 6.61 Å². The van der Waals surface area contributed by atoms with Crippen LogP contribution in [0.4, 0.5) is 0 Å². The highest BCUT2D eigenvalue weighted by molar-refractivity contribution is 9.10. The zero-order valence-electron chi connectivity index (χ0n) is 6.37. The second kappa shape index (κ2) is 4.57. The predicted octanol–water partition coefficient (Wildman–Crippen LogP) is 1.46. The summed E-state index contributed by atoms with van der Waals surface area (Å²) >= 11 is 3.30. The monoisotopic (exact) mass is 231 g/mol. The molecule has 0 bridgehead atoms. The zero-order valence-corrected chi connectivity index (χ0v) is 7.95. The fourth-order valence-corrected chi connectivity index (χ4v) is 1.36. The Balaban J connectivity index is 2.85. The Labute approximate surface area is 79.1 Å². The molecule has 1 aromatic rings. The van der Waals surface area contributed by atoms with Gasteiger partial charge in [-0.2, -0.15) is 5.48 Å². The molecule has 0 spiro atoms. The number of hydrogen-bond acceptors (Lipinski definition) is 3. The van der Waals surface area contributed by atoms with Crippen molar-refractivity contribution in [1.29, 1.82) is 0 Å². The van der Waals surface area contributed by atoms with Gasteiger partial charge >= 0.3 is 0 Å². The van der Waals surface area contributed by atoms with E-state index in [1.807, 2.05) is 29.7 Å². The molecule has 3 nitrogen and oxygen atoms in total. The van der Waals surface area contributed by atoms with Crippen LogP contribution in [0, 0.1) is 0 Å². The summed E-state index contributed by atoms with van der Waals surface area (Å²) in [5, 5.41) is 17.5. The molecular weight excluding hydrogens is 222 g/mol. The molecule has 0 amide bonds. The largest absolute Gasteiger partial charge is 0.394 e. The molecule has 0 aromatic heterocycles. The maximum Gasteiger partial charge on any atom is 0.0800 e. The molecule has 0 aliphatic heterocycles. The van der Waals surface area contributed by atoms with E-state index in [2.05, 4.69) is 15.9 Å². The molecule has 1 unspecified atom stereocenters. The van der Waals surface area contributed by atoms with E-state index >= 15 is 0 Å². The van der Waals surface area contributed by atoms with Crippen molar-refractivity contribution in [3.63, 3.8) is 0 Å². The van der Waals surface area contributed by atoms with Crippen LogP contribution in [0.25, 0.3) is 0 Å². The Hall–Kier alpha value is -0.420. The Morgan fingerprint density at radius 2 is 2.25 bits per heavy atom. The van der Waals surface area contributed by atoms with Crippen LogP contribution in [0.15, 0.2) is 28.7 Å². The van der Waals surface area contributed by atoms with Gasteiger partial charge in [0, 0.05) is 4.47 Å². The third-order valence-electron chi connectivity index (χ3n) is 1.59.